The van der Waals surface area contributed by atoms with Crippen LogP contribution in [0.1, 0.15) is 30.5 Å². The molecule has 1 aliphatic rings. The lowest BCUT2D eigenvalue weighted by Crippen LogP contribution is -2.40. The van der Waals surface area contributed by atoms with Crippen LogP contribution in [0.5, 0.6) is 0 Å². The number of urea groups is 1. The molecular weight excluding hydrogens is 390 g/mol. The molecule has 1 aliphatic heterocycles. The van der Waals surface area contributed by atoms with Crippen LogP contribution >= 0.6 is 0 Å². The van der Waals surface area contributed by atoms with Crippen molar-refractivity contribution in [3.8, 4) is 0 Å². The number of hydrogen-bond donors (Lipinski definition) is 2. The minimum Gasteiger partial charge on any atom is -0.379 e. The number of hydrogen-bond acceptors (Lipinski definition) is 4. The molecule has 156 valence electrons. The van der Waals surface area contributed by atoms with E-state index in [0.717, 1.165) is 17.5 Å². The number of benzene rings is 2. The molecule has 2 N–H and O–H groups in total. The molecule has 2 aromatic carbocycles. The molecular formula is C21H27N3O4S. The van der Waals surface area contributed by atoms with E-state index >= 15 is 0 Å². The van der Waals surface area contributed by atoms with Gasteiger partial charge in [-0.2, -0.15) is 4.31 Å². The summed E-state index contributed by atoms with van der Waals surface area (Å²) in [4.78, 5) is 12.6. The number of sulfonamides is 1. The van der Waals surface area contributed by atoms with E-state index in [4.69, 9.17) is 4.74 Å². The van der Waals surface area contributed by atoms with Crippen LogP contribution in [0.3, 0.4) is 0 Å². The Hall–Kier alpha value is -2.42. The SMILES string of the molecule is CC[C@H](NC(=O)Nc1cccc(S(=O)(=O)N2CCOCC2)c1)c1ccc(C)cc1. The predicted molar refractivity (Wildman–Crippen MR) is 112 cm³/mol. The van der Waals surface area contributed by atoms with E-state index in [2.05, 4.69) is 10.6 Å². The van der Waals surface area contributed by atoms with Gasteiger partial charge in [0.15, 0.2) is 0 Å². The van der Waals surface area contributed by atoms with Crippen LogP contribution < -0.4 is 10.6 Å². The molecule has 0 saturated carbocycles. The number of carbonyl (C=O) groups excluding carboxylic acids is 1. The molecule has 0 aromatic heterocycles. The van der Waals surface area contributed by atoms with Crippen molar-refractivity contribution in [2.24, 2.45) is 0 Å². The Balaban J connectivity index is 1.69. The summed E-state index contributed by atoms with van der Waals surface area (Å²) in [5.41, 5.74) is 2.61. The van der Waals surface area contributed by atoms with Crippen molar-refractivity contribution in [1.82, 2.24) is 9.62 Å². The van der Waals surface area contributed by atoms with E-state index in [9.17, 15) is 13.2 Å². The molecule has 1 atom stereocenters. The van der Waals surface area contributed by atoms with Crippen LogP contribution in [0.15, 0.2) is 53.4 Å². The molecule has 3 rings (SSSR count). The summed E-state index contributed by atoms with van der Waals surface area (Å²) in [6.07, 6.45) is 0.738. The molecule has 8 heteroatoms. The lowest BCUT2D eigenvalue weighted by Gasteiger charge is -2.26. The Morgan fingerprint density at radius 2 is 1.83 bits per heavy atom. The summed E-state index contributed by atoms with van der Waals surface area (Å²) < 4.78 is 32.2. The molecule has 0 bridgehead atoms. The first kappa shape index (κ1) is 21.3. The highest BCUT2D eigenvalue weighted by atomic mass is 32.2. The van der Waals surface area contributed by atoms with Gasteiger partial charge in [0.1, 0.15) is 0 Å². The zero-order valence-electron chi connectivity index (χ0n) is 16.7. The van der Waals surface area contributed by atoms with Gasteiger partial charge in [-0.25, -0.2) is 13.2 Å². The van der Waals surface area contributed by atoms with Gasteiger partial charge in [0.25, 0.3) is 0 Å². The second kappa shape index (κ2) is 9.39. The number of nitrogens with one attached hydrogen (secondary N) is 2. The lowest BCUT2D eigenvalue weighted by molar-refractivity contribution is 0.0730. The van der Waals surface area contributed by atoms with Gasteiger partial charge in [-0.1, -0.05) is 42.8 Å². The van der Waals surface area contributed by atoms with Gasteiger partial charge in [-0.15, -0.1) is 0 Å². The van der Waals surface area contributed by atoms with Crippen LogP contribution in [-0.2, 0) is 14.8 Å². The van der Waals surface area contributed by atoms with Gasteiger partial charge in [-0.3, -0.25) is 0 Å². The molecule has 0 radical (unpaired) electrons. The second-order valence-corrected chi connectivity index (χ2v) is 8.95. The standard InChI is InChI=1S/C21H27N3O4S/c1-3-20(17-9-7-16(2)8-10-17)23-21(25)22-18-5-4-6-19(15-18)29(26,27)24-11-13-28-14-12-24/h4-10,15,20H,3,11-14H2,1-2H3,(H2,22,23,25)/t20-/m0/s1. The Labute approximate surface area is 172 Å². The molecule has 0 aliphatic carbocycles. The number of aryl methyl sites for hydroxylation is 1. The minimum atomic E-state index is -3.61. The zero-order valence-corrected chi connectivity index (χ0v) is 17.5. The highest BCUT2D eigenvalue weighted by Gasteiger charge is 2.26. The molecule has 0 unspecified atom stereocenters. The van der Waals surface area contributed by atoms with E-state index in [1.165, 1.54) is 16.4 Å². The van der Waals surface area contributed by atoms with Crippen LogP contribution in [0.2, 0.25) is 0 Å². The van der Waals surface area contributed by atoms with Crippen molar-refractivity contribution in [3.05, 3.63) is 59.7 Å². The smallest absolute Gasteiger partial charge is 0.319 e. The fourth-order valence-electron chi connectivity index (χ4n) is 3.22. The van der Waals surface area contributed by atoms with Crippen LogP contribution in [0.25, 0.3) is 0 Å². The van der Waals surface area contributed by atoms with E-state index in [0.29, 0.717) is 32.0 Å². The van der Waals surface area contributed by atoms with Crippen LogP contribution in [0.4, 0.5) is 10.5 Å². The van der Waals surface area contributed by atoms with Gasteiger partial charge in [-0.05, 0) is 37.1 Å². The van der Waals surface area contributed by atoms with Crippen LogP contribution in [-0.4, -0.2) is 45.1 Å². The van der Waals surface area contributed by atoms with Crippen molar-refractivity contribution >= 4 is 21.7 Å². The maximum Gasteiger partial charge on any atom is 0.319 e. The number of ether oxygens (including phenoxy) is 1. The van der Waals surface area contributed by atoms with Gasteiger partial charge in [0, 0.05) is 18.8 Å². The first-order valence-corrected chi connectivity index (χ1v) is 11.2. The molecule has 0 spiro atoms. The summed E-state index contributed by atoms with van der Waals surface area (Å²) >= 11 is 0. The van der Waals surface area contributed by atoms with Crippen molar-refractivity contribution in [2.45, 2.75) is 31.2 Å². The van der Waals surface area contributed by atoms with Gasteiger partial charge < -0.3 is 15.4 Å². The molecule has 1 fully saturated rings. The monoisotopic (exact) mass is 417 g/mol. The maximum atomic E-state index is 12.8. The summed E-state index contributed by atoms with van der Waals surface area (Å²) in [5, 5.41) is 5.69. The van der Waals surface area contributed by atoms with E-state index in [1.807, 2.05) is 38.1 Å². The quantitative estimate of drug-likeness (QED) is 0.755. The Bertz CT molecular complexity index is 939. The molecule has 2 amide bonds. The number of nitrogens with zero attached hydrogens (tertiary/aromatic N) is 1. The van der Waals surface area contributed by atoms with E-state index in [-0.39, 0.29) is 17.0 Å². The largest absolute Gasteiger partial charge is 0.379 e. The third-order valence-electron chi connectivity index (χ3n) is 4.89. The van der Waals surface area contributed by atoms with Gasteiger partial charge >= 0.3 is 6.03 Å². The first-order chi connectivity index (χ1) is 13.9. The fraction of sp³-hybridized carbons (Fsp3) is 0.381. The van der Waals surface area contributed by atoms with Crippen LogP contribution in [0, 0.1) is 6.92 Å². The van der Waals surface area contributed by atoms with E-state index < -0.39 is 10.0 Å². The predicted octanol–water partition coefficient (Wildman–Crippen LogP) is 3.29. The molecule has 1 heterocycles. The number of amides is 2. The average molecular weight is 418 g/mol. The summed E-state index contributed by atoms with van der Waals surface area (Å²) in [5.74, 6) is 0. The number of morpholine rings is 1. The van der Waals surface area contributed by atoms with Gasteiger partial charge in [0.05, 0.1) is 24.2 Å². The molecule has 29 heavy (non-hydrogen) atoms. The normalized spacial score (nSPS) is 16.2. The van der Waals surface area contributed by atoms with E-state index in [1.54, 1.807) is 12.1 Å². The molecule has 1 saturated heterocycles. The third-order valence-corrected chi connectivity index (χ3v) is 6.79. The molecule has 7 nitrogen and oxygen atoms in total. The number of rotatable bonds is 6. The van der Waals surface area contributed by atoms with Gasteiger partial charge in [0.2, 0.25) is 10.0 Å². The summed E-state index contributed by atoms with van der Waals surface area (Å²) in [6.45, 7) is 5.45. The third kappa shape index (κ3) is 5.35. The lowest BCUT2D eigenvalue weighted by atomic mass is 10.0. The maximum absolute atomic E-state index is 12.8. The Kier molecular flexibility index (Phi) is 6.89. The average Bonchev–Trinajstić information content (AvgIpc) is 2.73. The Morgan fingerprint density at radius 3 is 2.48 bits per heavy atom. The first-order valence-electron chi connectivity index (χ1n) is 9.72. The number of carbonyl (C=O) groups is 1. The second-order valence-electron chi connectivity index (χ2n) is 7.01. The van der Waals surface area contributed by atoms with Crippen molar-refractivity contribution in [1.29, 1.82) is 0 Å². The fourth-order valence-corrected chi connectivity index (χ4v) is 4.67. The summed E-state index contributed by atoms with van der Waals surface area (Å²) in [6, 6.07) is 13.8. The topological polar surface area (TPSA) is 87.7 Å². The Morgan fingerprint density at radius 1 is 1.14 bits per heavy atom. The number of anilines is 1. The van der Waals surface area contributed by atoms with Crippen molar-refractivity contribution in [3.63, 3.8) is 0 Å². The summed E-state index contributed by atoms with van der Waals surface area (Å²) in [7, 11) is -3.61. The minimum absolute atomic E-state index is 0.129. The van der Waals surface area contributed by atoms with Crippen molar-refractivity contribution in [2.75, 3.05) is 31.6 Å². The highest BCUT2D eigenvalue weighted by molar-refractivity contribution is 7.89. The van der Waals surface area contributed by atoms with Crippen molar-refractivity contribution < 1.29 is 17.9 Å². The highest BCUT2D eigenvalue weighted by Crippen LogP contribution is 2.21. The molecule has 2 aromatic rings. The zero-order chi connectivity index (χ0) is 20.9.